The normalized spacial score (nSPS) is 11.3. The van der Waals surface area contributed by atoms with Gasteiger partial charge in [-0.1, -0.05) is 222 Å². The molecule has 0 saturated carbocycles. The number of nitrogens with zero attached hydrogens (tertiary/aromatic N) is 12. The first kappa shape index (κ1) is 81.3. The fourth-order valence-electron chi connectivity index (χ4n) is 17.4. The fraction of sp³-hybridized carbons (Fsp3) is 0.0270. The summed E-state index contributed by atoms with van der Waals surface area (Å²) in [5.41, 5.74) is 30.3. The Labute approximate surface area is 770 Å². The van der Waals surface area contributed by atoms with Crippen molar-refractivity contribution in [3.63, 3.8) is 0 Å². The van der Waals surface area contributed by atoms with E-state index in [9.17, 15) is 0 Å². The molecule has 0 aliphatic heterocycles. The Balaban J connectivity index is 0.000000122. The van der Waals surface area contributed by atoms with Crippen molar-refractivity contribution >= 4 is 98.5 Å². The van der Waals surface area contributed by atoms with Gasteiger partial charge < -0.3 is 37.4 Å². The average Bonchev–Trinajstić information content (AvgIpc) is 1.60. The Kier molecular flexibility index (Phi) is 22.4. The summed E-state index contributed by atoms with van der Waals surface area (Å²) in [5, 5.41) is 6.97. The second-order valence-corrected chi connectivity index (χ2v) is 30.6. The number of rotatable bonds is 12. The minimum atomic E-state index is 0. The number of aryl methyl sites for hydroxylation is 3. The molecular formula is C111H72N12Pt3. The summed E-state index contributed by atoms with van der Waals surface area (Å²) in [5.74, 6) is 2.68. The summed E-state index contributed by atoms with van der Waals surface area (Å²) in [4.78, 5) is 29.3. The van der Waals surface area contributed by atoms with Gasteiger partial charge in [-0.15, -0.1) is 161 Å². The van der Waals surface area contributed by atoms with Crippen LogP contribution in [0.2, 0.25) is 0 Å². The van der Waals surface area contributed by atoms with Crippen LogP contribution in [0.15, 0.2) is 382 Å². The van der Waals surface area contributed by atoms with Crippen LogP contribution in [0.25, 0.3) is 217 Å². The van der Waals surface area contributed by atoms with Crippen LogP contribution in [0.3, 0.4) is 0 Å². The molecule has 0 N–H and O–H groups in total. The van der Waals surface area contributed by atoms with E-state index in [1.165, 1.54) is 21.7 Å². The molecule has 0 radical (unpaired) electrons. The van der Waals surface area contributed by atoms with Crippen LogP contribution in [0.5, 0.6) is 0 Å². The molecule has 0 spiro atoms. The van der Waals surface area contributed by atoms with E-state index in [1.54, 1.807) is 0 Å². The Bertz CT molecular complexity index is 7880. The minimum absolute atomic E-state index is 0. The van der Waals surface area contributed by atoms with Crippen molar-refractivity contribution in [1.82, 2.24) is 57.3 Å². The van der Waals surface area contributed by atoms with Gasteiger partial charge in [0.05, 0.1) is 56.3 Å². The van der Waals surface area contributed by atoms with Crippen molar-refractivity contribution in [1.29, 1.82) is 0 Å². The maximum Gasteiger partial charge on any atom is 2.00 e. The molecule has 0 saturated heterocycles. The van der Waals surface area contributed by atoms with Crippen LogP contribution in [-0.4, -0.2) is 57.3 Å². The van der Waals surface area contributed by atoms with E-state index in [2.05, 4.69) is 364 Å². The molecule has 0 unspecified atom stereocenters. The van der Waals surface area contributed by atoms with Gasteiger partial charge in [0.2, 0.25) is 0 Å². The number of benzene rings is 15. The zero-order chi connectivity index (χ0) is 82.0. The number of hydrogen-bond donors (Lipinski definition) is 0. The zero-order valence-corrected chi connectivity index (χ0v) is 75.0. The first-order valence-electron chi connectivity index (χ1n) is 41.0. The molecule has 15 heteroatoms. The fourth-order valence-corrected chi connectivity index (χ4v) is 17.4. The number of imidazole rings is 3. The molecule has 0 fully saturated rings. The van der Waals surface area contributed by atoms with Crippen molar-refractivity contribution in [3.05, 3.63) is 419 Å². The number of fused-ring (bicyclic) bond motifs is 12. The maximum absolute atomic E-state index is 4.99. The third-order valence-corrected chi connectivity index (χ3v) is 23.3. The molecule has 0 aliphatic rings. The van der Waals surface area contributed by atoms with Gasteiger partial charge in [-0.2, -0.15) is 0 Å². The predicted octanol–water partition coefficient (Wildman–Crippen LogP) is 26.0. The van der Waals surface area contributed by atoms with E-state index in [0.29, 0.717) is 0 Å². The smallest absolute Gasteiger partial charge is 0.367 e. The summed E-state index contributed by atoms with van der Waals surface area (Å²) >= 11 is 0. The van der Waals surface area contributed by atoms with E-state index in [-0.39, 0.29) is 63.2 Å². The third kappa shape index (κ3) is 14.8. The van der Waals surface area contributed by atoms with Gasteiger partial charge in [-0.05, 0) is 167 Å². The van der Waals surface area contributed by atoms with Crippen LogP contribution in [0, 0.1) is 36.4 Å². The van der Waals surface area contributed by atoms with E-state index in [4.69, 9.17) is 29.9 Å². The first-order valence-corrected chi connectivity index (χ1v) is 41.0. The molecule has 9 aromatic heterocycles. The van der Waals surface area contributed by atoms with Crippen molar-refractivity contribution < 1.29 is 63.2 Å². The molecule has 126 heavy (non-hydrogen) atoms. The molecule has 15 aromatic carbocycles. The van der Waals surface area contributed by atoms with Gasteiger partial charge in [-0.25, -0.2) is 0 Å². The summed E-state index contributed by atoms with van der Waals surface area (Å²) in [6.45, 7) is 0. The molecular weight excluding hydrogens is 2090 g/mol. The SMILES string of the molecule is Cn1c(-c2[c-]c3c(cc2)c2ccccc2n3-c2[c-]c(-c3cc(-c4ccccc4)ccn3)ccc2)nc2ccccc21.Cn1c(-c2[c-]c3c(cc2)c2ccccc2n3-c2[c-]c(-c3cccc(-c4ccccc4)n3)ccc2)nc2ccccc21.Cn1c(-c2[c-]c3c(cc2)c2ccccc2n3-c2[c-]c(-c3ncccc3-c3ccccc3)ccc2)nc2ccccc21.[Pt+2].[Pt+2].[Pt+2]. The molecule has 9 heterocycles. The van der Waals surface area contributed by atoms with Crippen molar-refractivity contribution in [2.45, 2.75) is 0 Å². The van der Waals surface area contributed by atoms with Crippen molar-refractivity contribution in [2.24, 2.45) is 21.1 Å². The Hall–Kier alpha value is -14.4. The van der Waals surface area contributed by atoms with E-state index >= 15 is 0 Å². The quantitative estimate of drug-likeness (QED) is 0.113. The number of hydrogen-bond acceptors (Lipinski definition) is 6. The maximum atomic E-state index is 4.99. The summed E-state index contributed by atoms with van der Waals surface area (Å²) in [6.07, 6.45) is 3.72. The standard InChI is InChI=1S/3C37H24N4.3Pt/c1-40-34-19-8-6-17-32(34)39-37(40)27-20-21-31-30-15-5-7-18-33(30)41(35(31)24-27)28-14-9-13-26(23-28)36-29(16-10-22-38-36)25-11-3-2-4-12-25;1-40-35-20-8-6-16-33(35)39-37(40)27-21-22-30-29-15-5-7-19-34(29)41(36(30)24-27)28-14-9-13-26(23-28)32-18-10-17-31(38-32)25-11-3-2-4-12-25;1-40-35-17-8-6-15-32(35)39-37(40)28-18-19-31-30-14-5-7-16-34(30)41(36(31)24-28)29-13-9-12-27(22-29)33-23-26(20-21-38-33)25-10-3-2-4-11-25;;;/h2*2-22H,1H3;2-21,23H,1H3;;;/q3*-2;3*+2. The van der Waals surface area contributed by atoms with Crippen LogP contribution >= 0.6 is 0 Å². The van der Waals surface area contributed by atoms with E-state index in [0.717, 1.165) is 195 Å². The molecule has 12 nitrogen and oxygen atoms in total. The summed E-state index contributed by atoms with van der Waals surface area (Å²) in [6, 6.07) is 150. The largest absolute Gasteiger partial charge is 2.00 e. The van der Waals surface area contributed by atoms with Gasteiger partial charge in [-0.3, -0.25) is 19.9 Å². The molecule has 0 aliphatic carbocycles. The average molecular weight is 2160 g/mol. The first-order chi connectivity index (χ1) is 60.7. The number of aromatic nitrogens is 12. The van der Waals surface area contributed by atoms with Crippen molar-refractivity contribution in [3.8, 4) is 119 Å². The van der Waals surface area contributed by atoms with Crippen LogP contribution in [0.4, 0.5) is 0 Å². The molecule has 24 aromatic rings. The molecule has 0 bridgehead atoms. The minimum Gasteiger partial charge on any atom is -0.367 e. The van der Waals surface area contributed by atoms with Crippen LogP contribution in [-0.2, 0) is 84.3 Å². The Morgan fingerprint density at radius 3 is 1.03 bits per heavy atom. The Morgan fingerprint density at radius 2 is 0.587 bits per heavy atom. The van der Waals surface area contributed by atoms with Gasteiger partial charge in [0.25, 0.3) is 0 Å². The topological polar surface area (TPSA) is 107 Å². The molecule has 606 valence electrons. The third-order valence-electron chi connectivity index (χ3n) is 23.3. The van der Waals surface area contributed by atoms with Crippen LogP contribution < -0.4 is 0 Å². The van der Waals surface area contributed by atoms with E-state index < -0.39 is 0 Å². The number of para-hydroxylation sites is 9. The van der Waals surface area contributed by atoms with Gasteiger partial charge in [0, 0.05) is 50.1 Å². The number of pyridine rings is 3. The monoisotopic (exact) mass is 2160 g/mol. The van der Waals surface area contributed by atoms with Gasteiger partial charge in [0.15, 0.2) is 0 Å². The molecule has 0 atom stereocenters. The second-order valence-electron chi connectivity index (χ2n) is 30.6. The van der Waals surface area contributed by atoms with Gasteiger partial charge >= 0.3 is 63.2 Å². The van der Waals surface area contributed by atoms with E-state index in [1.807, 2.05) is 103 Å². The van der Waals surface area contributed by atoms with Crippen LogP contribution in [0.1, 0.15) is 0 Å². The van der Waals surface area contributed by atoms with Gasteiger partial charge in [0.1, 0.15) is 0 Å². The summed E-state index contributed by atoms with van der Waals surface area (Å²) < 4.78 is 13.2. The Morgan fingerprint density at radius 1 is 0.222 bits per heavy atom. The molecule has 24 rings (SSSR count). The second kappa shape index (κ2) is 34.7. The summed E-state index contributed by atoms with van der Waals surface area (Å²) in [7, 11) is 6.19. The predicted molar refractivity (Wildman–Crippen MR) is 500 cm³/mol. The van der Waals surface area contributed by atoms with Crippen molar-refractivity contribution in [2.75, 3.05) is 0 Å². The molecule has 0 amide bonds. The zero-order valence-electron chi connectivity index (χ0n) is 68.2.